The second-order valence-electron chi connectivity index (χ2n) is 2.93. The Hall–Kier alpha value is -0.220. The minimum absolute atomic E-state index is 0.463. The van der Waals surface area contributed by atoms with Crippen LogP contribution < -0.4 is 0 Å². The van der Waals surface area contributed by atoms with Crippen LogP contribution in [-0.2, 0) is 6.42 Å². The number of hydrogen-bond donors (Lipinski definition) is 0. The summed E-state index contributed by atoms with van der Waals surface area (Å²) in [6.07, 6.45) is 0.837. The van der Waals surface area contributed by atoms with Gasteiger partial charge in [-0.25, -0.2) is 4.68 Å². The van der Waals surface area contributed by atoms with Gasteiger partial charge in [0.05, 0.1) is 10.0 Å². The third-order valence-corrected chi connectivity index (χ3v) is 3.63. The summed E-state index contributed by atoms with van der Waals surface area (Å²) in [7, 11) is 0. The number of aryl methyl sites for hydroxylation is 1. The van der Waals surface area contributed by atoms with E-state index in [-0.39, 0.29) is 0 Å². The molecule has 2 aromatic rings. The molecule has 0 amide bonds. The quantitative estimate of drug-likeness (QED) is 0.795. The normalized spacial score (nSPS) is 10.9. The largest absolute Gasteiger partial charge is 0.234 e. The zero-order valence-electron chi connectivity index (χ0n) is 7.80. The van der Waals surface area contributed by atoms with E-state index in [0.717, 1.165) is 17.8 Å². The Kier molecular flexibility index (Phi) is 3.26. The smallest absolute Gasteiger partial charge is 0.151 e. The van der Waals surface area contributed by atoms with Crippen molar-refractivity contribution in [3.8, 4) is 5.69 Å². The summed E-state index contributed by atoms with van der Waals surface area (Å²) in [6, 6.07) is 3.61. The van der Waals surface area contributed by atoms with E-state index in [9.17, 15) is 0 Å². The molecule has 0 saturated carbocycles. The van der Waals surface area contributed by atoms with Gasteiger partial charge in [0, 0.05) is 5.69 Å². The van der Waals surface area contributed by atoms with Gasteiger partial charge in [0.2, 0.25) is 0 Å². The Balaban J connectivity index is 2.57. The molecule has 0 radical (unpaired) electrons. The van der Waals surface area contributed by atoms with Crippen molar-refractivity contribution >= 4 is 46.1 Å². The highest BCUT2D eigenvalue weighted by Crippen LogP contribution is 2.34. The van der Waals surface area contributed by atoms with Gasteiger partial charge < -0.3 is 0 Å². The lowest BCUT2D eigenvalue weighted by Gasteiger charge is -2.02. The predicted octanol–water partition coefficient (Wildman–Crippen LogP) is 4.46. The molecule has 2 heterocycles. The summed E-state index contributed by atoms with van der Waals surface area (Å²) >= 11 is 19.1. The molecule has 0 bridgehead atoms. The Morgan fingerprint density at radius 1 is 1.33 bits per heavy atom. The first-order chi connectivity index (χ1) is 7.11. The van der Waals surface area contributed by atoms with Crippen LogP contribution in [0.2, 0.25) is 13.8 Å². The third-order valence-electron chi connectivity index (χ3n) is 1.98. The molecule has 0 aliphatic carbocycles. The van der Waals surface area contributed by atoms with Gasteiger partial charge >= 0.3 is 0 Å². The van der Waals surface area contributed by atoms with E-state index in [0.29, 0.717) is 13.8 Å². The summed E-state index contributed by atoms with van der Waals surface area (Å²) in [4.78, 5) is 0. The maximum atomic E-state index is 6.05. The van der Waals surface area contributed by atoms with Crippen LogP contribution in [0.15, 0.2) is 12.1 Å². The lowest BCUT2D eigenvalue weighted by Crippen LogP contribution is -1.99. The van der Waals surface area contributed by atoms with E-state index in [2.05, 4.69) is 5.10 Å². The van der Waals surface area contributed by atoms with Crippen LogP contribution >= 0.6 is 46.1 Å². The molecule has 0 spiro atoms. The molecule has 2 rings (SSSR count). The van der Waals surface area contributed by atoms with Gasteiger partial charge in [0.15, 0.2) is 5.15 Å². The van der Waals surface area contributed by atoms with E-state index in [4.69, 9.17) is 34.8 Å². The molecule has 2 aromatic heterocycles. The van der Waals surface area contributed by atoms with Crippen molar-refractivity contribution in [2.45, 2.75) is 13.3 Å². The fourth-order valence-electron chi connectivity index (χ4n) is 1.32. The maximum absolute atomic E-state index is 6.05. The van der Waals surface area contributed by atoms with Crippen LogP contribution in [0.1, 0.15) is 12.6 Å². The van der Waals surface area contributed by atoms with E-state index in [1.807, 2.05) is 13.0 Å². The SMILES string of the molecule is CCc1cc(Cl)nn1-c1cc(Cl)sc1Cl. The van der Waals surface area contributed by atoms with Crippen molar-refractivity contribution < 1.29 is 0 Å². The Morgan fingerprint density at radius 3 is 2.60 bits per heavy atom. The van der Waals surface area contributed by atoms with Crippen molar-refractivity contribution in [3.63, 3.8) is 0 Å². The summed E-state index contributed by atoms with van der Waals surface area (Å²) in [5, 5.41) is 4.63. The number of thiophene rings is 1. The van der Waals surface area contributed by atoms with Crippen molar-refractivity contribution in [1.29, 1.82) is 0 Å². The second-order valence-corrected chi connectivity index (χ2v) is 5.61. The van der Waals surface area contributed by atoms with Gasteiger partial charge in [0.25, 0.3) is 0 Å². The predicted molar refractivity (Wildman–Crippen MR) is 65.8 cm³/mol. The summed E-state index contributed by atoms with van der Waals surface area (Å²) in [5.74, 6) is 0. The molecular weight excluding hydrogens is 275 g/mol. The fraction of sp³-hybridized carbons (Fsp3) is 0.222. The molecule has 0 fully saturated rings. The Labute approximate surface area is 106 Å². The Bertz CT molecular complexity index is 490. The number of hydrogen-bond acceptors (Lipinski definition) is 2. The fourth-order valence-corrected chi connectivity index (χ4v) is 2.95. The van der Waals surface area contributed by atoms with Crippen molar-refractivity contribution in [1.82, 2.24) is 9.78 Å². The minimum Gasteiger partial charge on any atom is -0.234 e. The first kappa shape index (κ1) is 11.3. The first-order valence-electron chi connectivity index (χ1n) is 4.31. The zero-order chi connectivity index (χ0) is 11.0. The first-order valence-corrected chi connectivity index (χ1v) is 6.26. The van der Waals surface area contributed by atoms with E-state index < -0.39 is 0 Å². The lowest BCUT2D eigenvalue weighted by atomic mass is 10.3. The summed E-state index contributed by atoms with van der Waals surface area (Å²) in [6.45, 7) is 2.03. The number of rotatable bonds is 2. The van der Waals surface area contributed by atoms with Gasteiger partial charge in [0.1, 0.15) is 4.34 Å². The molecule has 0 aliphatic rings. The lowest BCUT2D eigenvalue weighted by molar-refractivity contribution is 0.817. The summed E-state index contributed by atoms with van der Waals surface area (Å²) in [5.41, 5.74) is 1.80. The molecule has 15 heavy (non-hydrogen) atoms. The molecule has 0 aromatic carbocycles. The molecule has 0 unspecified atom stereocenters. The molecule has 2 nitrogen and oxygen atoms in total. The van der Waals surface area contributed by atoms with Crippen LogP contribution in [0.5, 0.6) is 0 Å². The van der Waals surface area contributed by atoms with Crippen LogP contribution in [-0.4, -0.2) is 9.78 Å². The molecule has 0 saturated heterocycles. The van der Waals surface area contributed by atoms with Crippen LogP contribution in [0.4, 0.5) is 0 Å². The molecular formula is C9H7Cl3N2S. The van der Waals surface area contributed by atoms with E-state index >= 15 is 0 Å². The molecule has 6 heteroatoms. The molecule has 0 N–H and O–H groups in total. The monoisotopic (exact) mass is 280 g/mol. The number of nitrogens with zero attached hydrogens (tertiary/aromatic N) is 2. The molecule has 0 atom stereocenters. The highest BCUT2D eigenvalue weighted by atomic mass is 35.5. The highest BCUT2D eigenvalue weighted by molar-refractivity contribution is 7.20. The van der Waals surface area contributed by atoms with Gasteiger partial charge in [-0.2, -0.15) is 5.10 Å². The average Bonchev–Trinajstić information content (AvgIpc) is 2.69. The van der Waals surface area contributed by atoms with Crippen molar-refractivity contribution in [2.75, 3.05) is 0 Å². The highest BCUT2D eigenvalue weighted by Gasteiger charge is 2.13. The van der Waals surface area contributed by atoms with Crippen molar-refractivity contribution in [2.24, 2.45) is 0 Å². The minimum atomic E-state index is 0.463. The standard InChI is InChI=1S/C9H7Cl3N2S/c1-2-5-3-7(10)13-14(5)6-4-8(11)15-9(6)12/h3-4H,2H2,1H3. The van der Waals surface area contributed by atoms with Crippen LogP contribution in [0.3, 0.4) is 0 Å². The number of halogens is 3. The second kappa shape index (κ2) is 4.34. The van der Waals surface area contributed by atoms with Gasteiger partial charge in [-0.05, 0) is 18.6 Å². The third kappa shape index (κ3) is 2.16. The number of aromatic nitrogens is 2. The van der Waals surface area contributed by atoms with Crippen LogP contribution in [0, 0.1) is 0 Å². The van der Waals surface area contributed by atoms with E-state index in [1.54, 1.807) is 10.7 Å². The van der Waals surface area contributed by atoms with Gasteiger partial charge in [-0.3, -0.25) is 0 Å². The summed E-state index contributed by atoms with van der Waals surface area (Å²) < 4.78 is 2.99. The van der Waals surface area contributed by atoms with Crippen LogP contribution in [0.25, 0.3) is 5.69 Å². The maximum Gasteiger partial charge on any atom is 0.151 e. The van der Waals surface area contributed by atoms with E-state index in [1.165, 1.54) is 11.3 Å². The van der Waals surface area contributed by atoms with Crippen molar-refractivity contribution in [3.05, 3.63) is 31.7 Å². The Morgan fingerprint density at radius 2 is 2.07 bits per heavy atom. The molecule has 80 valence electrons. The van der Waals surface area contributed by atoms with Gasteiger partial charge in [-0.1, -0.05) is 41.7 Å². The average molecular weight is 282 g/mol. The zero-order valence-corrected chi connectivity index (χ0v) is 10.9. The topological polar surface area (TPSA) is 17.8 Å². The van der Waals surface area contributed by atoms with Gasteiger partial charge in [-0.15, -0.1) is 11.3 Å². The molecule has 0 aliphatic heterocycles.